The predicted octanol–water partition coefficient (Wildman–Crippen LogP) is 3.28. The number of thioether (sulfide) groups is 1. The Balaban J connectivity index is 2.55. The van der Waals surface area contributed by atoms with Crippen LogP contribution in [0.15, 0.2) is 4.52 Å². The van der Waals surface area contributed by atoms with Crippen LogP contribution in [0.5, 0.6) is 0 Å². The lowest BCUT2D eigenvalue weighted by Crippen LogP contribution is -2.41. The highest BCUT2D eigenvalue weighted by Crippen LogP contribution is 2.22. The normalized spacial score (nSPS) is 13.7. The van der Waals surface area contributed by atoms with E-state index in [2.05, 4.69) is 50.1 Å². The second-order valence-electron chi connectivity index (χ2n) is 5.84. The van der Waals surface area contributed by atoms with Crippen molar-refractivity contribution in [2.45, 2.75) is 59.3 Å². The van der Waals surface area contributed by atoms with Gasteiger partial charge in [-0.25, -0.2) is 0 Å². The van der Waals surface area contributed by atoms with Crippen LogP contribution in [0.25, 0.3) is 0 Å². The number of likely N-dealkylation sites (N-methyl/N-ethyl adjacent to an activating group) is 1. The van der Waals surface area contributed by atoms with E-state index in [9.17, 15) is 0 Å². The summed E-state index contributed by atoms with van der Waals surface area (Å²) in [5.74, 6) is 3.55. The SMILES string of the molecule is CCCSCc1noc(CC(NCC)C(C)(C)C)n1. The van der Waals surface area contributed by atoms with E-state index in [4.69, 9.17) is 4.52 Å². The Hall–Kier alpha value is -0.550. The maximum absolute atomic E-state index is 5.35. The highest BCUT2D eigenvalue weighted by atomic mass is 32.2. The first-order valence-electron chi connectivity index (χ1n) is 7.10. The van der Waals surface area contributed by atoms with Crippen molar-refractivity contribution < 1.29 is 4.52 Å². The summed E-state index contributed by atoms with van der Waals surface area (Å²) in [5, 5.41) is 7.55. The van der Waals surface area contributed by atoms with Crippen molar-refractivity contribution in [3.05, 3.63) is 11.7 Å². The van der Waals surface area contributed by atoms with Crippen molar-refractivity contribution in [3.8, 4) is 0 Å². The van der Waals surface area contributed by atoms with Gasteiger partial charge >= 0.3 is 0 Å². The number of rotatable bonds is 8. The second kappa shape index (κ2) is 7.90. The molecule has 0 amide bonds. The lowest BCUT2D eigenvalue weighted by Gasteiger charge is -2.30. The monoisotopic (exact) mass is 285 g/mol. The van der Waals surface area contributed by atoms with Crippen molar-refractivity contribution in [1.29, 1.82) is 0 Å². The molecule has 19 heavy (non-hydrogen) atoms. The number of hydrogen-bond donors (Lipinski definition) is 1. The van der Waals surface area contributed by atoms with Crippen LogP contribution in [0.2, 0.25) is 0 Å². The third kappa shape index (κ3) is 5.95. The Kier molecular flexibility index (Phi) is 6.86. The van der Waals surface area contributed by atoms with E-state index < -0.39 is 0 Å². The van der Waals surface area contributed by atoms with Gasteiger partial charge in [0.15, 0.2) is 5.82 Å². The third-order valence-corrected chi connectivity index (χ3v) is 4.12. The molecule has 1 unspecified atom stereocenters. The molecule has 5 heteroatoms. The fourth-order valence-electron chi connectivity index (χ4n) is 1.85. The summed E-state index contributed by atoms with van der Waals surface area (Å²) in [6, 6.07) is 0.356. The van der Waals surface area contributed by atoms with Gasteiger partial charge in [0.05, 0.1) is 5.75 Å². The first kappa shape index (κ1) is 16.5. The van der Waals surface area contributed by atoms with Gasteiger partial charge in [0.1, 0.15) is 0 Å². The lowest BCUT2D eigenvalue weighted by molar-refractivity contribution is 0.247. The molecule has 4 nitrogen and oxygen atoms in total. The van der Waals surface area contributed by atoms with Gasteiger partial charge in [-0.15, -0.1) is 0 Å². The highest BCUT2D eigenvalue weighted by molar-refractivity contribution is 7.98. The molecule has 1 N–H and O–H groups in total. The topological polar surface area (TPSA) is 51.0 Å². The minimum absolute atomic E-state index is 0.182. The summed E-state index contributed by atoms with van der Waals surface area (Å²) >= 11 is 1.85. The highest BCUT2D eigenvalue weighted by Gasteiger charge is 2.26. The Morgan fingerprint density at radius 2 is 2.05 bits per heavy atom. The smallest absolute Gasteiger partial charge is 0.228 e. The summed E-state index contributed by atoms with van der Waals surface area (Å²) in [4.78, 5) is 4.48. The minimum atomic E-state index is 0.182. The van der Waals surface area contributed by atoms with Gasteiger partial charge in [-0.1, -0.05) is 39.8 Å². The van der Waals surface area contributed by atoms with E-state index in [0.717, 1.165) is 36.2 Å². The summed E-state index contributed by atoms with van der Waals surface area (Å²) in [5.41, 5.74) is 0.182. The molecule has 0 spiro atoms. The van der Waals surface area contributed by atoms with Crippen molar-refractivity contribution in [3.63, 3.8) is 0 Å². The van der Waals surface area contributed by atoms with Gasteiger partial charge < -0.3 is 9.84 Å². The standard InChI is InChI=1S/C14H27N3OS/c1-6-8-19-10-12-16-13(18-17-12)9-11(15-7-2)14(3,4)5/h11,15H,6-10H2,1-5H3. The maximum atomic E-state index is 5.35. The van der Waals surface area contributed by atoms with Crippen LogP contribution in [0.4, 0.5) is 0 Å². The van der Waals surface area contributed by atoms with Crippen LogP contribution < -0.4 is 5.32 Å². The average Bonchev–Trinajstić information content (AvgIpc) is 2.76. The molecular formula is C14H27N3OS. The molecule has 0 aromatic carbocycles. The van der Waals surface area contributed by atoms with Gasteiger partial charge in [-0.05, 0) is 24.1 Å². The maximum Gasteiger partial charge on any atom is 0.228 e. The molecule has 0 aliphatic heterocycles. The van der Waals surface area contributed by atoms with E-state index in [0.29, 0.717) is 6.04 Å². The van der Waals surface area contributed by atoms with Crippen LogP contribution in [-0.4, -0.2) is 28.5 Å². The quantitative estimate of drug-likeness (QED) is 0.743. The van der Waals surface area contributed by atoms with Crippen molar-refractivity contribution >= 4 is 11.8 Å². The summed E-state index contributed by atoms with van der Waals surface area (Å²) in [6.45, 7) is 12.0. The van der Waals surface area contributed by atoms with Crippen LogP contribution in [0.1, 0.15) is 52.8 Å². The summed E-state index contributed by atoms with van der Waals surface area (Å²) < 4.78 is 5.35. The molecule has 1 aromatic heterocycles. The van der Waals surface area contributed by atoms with E-state index in [1.165, 1.54) is 6.42 Å². The molecule has 0 bridgehead atoms. The summed E-state index contributed by atoms with van der Waals surface area (Å²) in [7, 11) is 0. The number of nitrogens with one attached hydrogen (secondary N) is 1. The van der Waals surface area contributed by atoms with E-state index in [1.807, 2.05) is 11.8 Å². The Bertz CT molecular complexity index is 360. The minimum Gasteiger partial charge on any atom is -0.339 e. The van der Waals surface area contributed by atoms with Crippen LogP contribution in [0.3, 0.4) is 0 Å². The molecule has 1 rings (SSSR count). The van der Waals surface area contributed by atoms with Gasteiger partial charge in [-0.3, -0.25) is 0 Å². The molecule has 0 fully saturated rings. The number of hydrogen-bond acceptors (Lipinski definition) is 5. The fraction of sp³-hybridized carbons (Fsp3) is 0.857. The molecule has 0 radical (unpaired) electrons. The number of nitrogens with zero attached hydrogens (tertiary/aromatic N) is 2. The molecule has 110 valence electrons. The molecule has 0 aliphatic carbocycles. The largest absolute Gasteiger partial charge is 0.339 e. The molecule has 1 aromatic rings. The van der Waals surface area contributed by atoms with Crippen LogP contribution >= 0.6 is 11.8 Å². The zero-order chi connectivity index (χ0) is 14.3. The predicted molar refractivity (Wildman–Crippen MR) is 81.4 cm³/mol. The zero-order valence-electron chi connectivity index (χ0n) is 12.8. The Morgan fingerprint density at radius 3 is 2.63 bits per heavy atom. The second-order valence-corrected chi connectivity index (χ2v) is 6.94. The van der Waals surface area contributed by atoms with E-state index >= 15 is 0 Å². The molecule has 1 atom stereocenters. The first-order valence-corrected chi connectivity index (χ1v) is 8.25. The van der Waals surface area contributed by atoms with Crippen molar-refractivity contribution in [1.82, 2.24) is 15.5 Å². The van der Waals surface area contributed by atoms with Gasteiger partial charge in [0.2, 0.25) is 5.89 Å². The van der Waals surface area contributed by atoms with Crippen molar-refractivity contribution in [2.24, 2.45) is 5.41 Å². The van der Waals surface area contributed by atoms with Gasteiger partial charge in [0.25, 0.3) is 0 Å². The van der Waals surface area contributed by atoms with Crippen LogP contribution in [-0.2, 0) is 12.2 Å². The number of aromatic nitrogens is 2. The zero-order valence-corrected chi connectivity index (χ0v) is 13.6. The third-order valence-electron chi connectivity index (χ3n) is 2.96. The molecule has 1 heterocycles. The lowest BCUT2D eigenvalue weighted by atomic mass is 9.84. The summed E-state index contributed by atoms with van der Waals surface area (Å²) in [6.07, 6.45) is 1.98. The molecule has 0 aliphatic rings. The Morgan fingerprint density at radius 1 is 1.32 bits per heavy atom. The Labute approximate surface area is 121 Å². The van der Waals surface area contributed by atoms with Gasteiger partial charge in [0, 0.05) is 12.5 Å². The average molecular weight is 285 g/mol. The molecular weight excluding hydrogens is 258 g/mol. The van der Waals surface area contributed by atoms with Crippen LogP contribution in [0, 0.1) is 5.41 Å². The van der Waals surface area contributed by atoms with Crippen molar-refractivity contribution in [2.75, 3.05) is 12.3 Å². The van der Waals surface area contributed by atoms with E-state index in [1.54, 1.807) is 0 Å². The molecule has 0 saturated carbocycles. The van der Waals surface area contributed by atoms with E-state index in [-0.39, 0.29) is 5.41 Å². The fourth-order valence-corrected chi connectivity index (χ4v) is 2.58. The molecule has 0 saturated heterocycles. The first-order chi connectivity index (χ1) is 8.97. The van der Waals surface area contributed by atoms with Gasteiger partial charge in [-0.2, -0.15) is 16.7 Å².